The third kappa shape index (κ3) is 4.65. The summed E-state index contributed by atoms with van der Waals surface area (Å²) in [5, 5.41) is 38.8. The van der Waals surface area contributed by atoms with Crippen LogP contribution in [0.1, 0.15) is 26.7 Å². The smallest absolute Gasteiger partial charge is 0.332 e. The lowest BCUT2D eigenvalue weighted by atomic mass is 9.81. The first-order valence-electron chi connectivity index (χ1n) is 6.97. The van der Waals surface area contributed by atoms with Crippen LogP contribution in [0, 0.1) is 11.3 Å². The highest BCUT2D eigenvalue weighted by Crippen LogP contribution is 2.31. The summed E-state index contributed by atoms with van der Waals surface area (Å²) in [7, 11) is 0. The molecule has 0 aromatic carbocycles. The van der Waals surface area contributed by atoms with Crippen molar-refractivity contribution in [1.82, 2.24) is 5.32 Å². The Balaban J connectivity index is 3.10. The van der Waals surface area contributed by atoms with Crippen LogP contribution in [0.25, 0.3) is 0 Å². The number of aliphatic hydroxyl groups excluding tert-OH is 2. The normalized spacial score (nSPS) is 31.1. The molecule has 0 bridgehead atoms. The summed E-state index contributed by atoms with van der Waals surface area (Å²) in [6.45, 7) is 2.61. The number of aliphatic hydroxyl groups is 2. The molecular weight excluding hydrogens is 294 g/mol. The summed E-state index contributed by atoms with van der Waals surface area (Å²) in [5.41, 5.74) is 5.39. The molecule has 9 heteroatoms. The number of ether oxygens (including phenoxy) is 1. The van der Waals surface area contributed by atoms with Crippen molar-refractivity contribution in [2.75, 3.05) is 0 Å². The standard InChI is InChI=1S/C13H23N3O6/c1-5(17)11(19)12-10(16-6(2)18)7(4-9(14)15)3-8(22-12)13(20)21/h5,7-8,10-12,17,19H,3-4H2,1-2H3,(H3,14,15)(H,16,18)(H,20,21)/t5-,7-,8-,10-,11-,12-/m1/s1. The van der Waals surface area contributed by atoms with E-state index in [9.17, 15) is 19.8 Å². The van der Waals surface area contributed by atoms with E-state index in [0.717, 1.165) is 0 Å². The van der Waals surface area contributed by atoms with Gasteiger partial charge in [-0.2, -0.15) is 0 Å². The van der Waals surface area contributed by atoms with Gasteiger partial charge in [-0.3, -0.25) is 10.2 Å². The van der Waals surface area contributed by atoms with E-state index in [2.05, 4.69) is 5.32 Å². The van der Waals surface area contributed by atoms with E-state index >= 15 is 0 Å². The molecule has 6 atom stereocenters. The molecule has 7 N–H and O–H groups in total. The highest BCUT2D eigenvalue weighted by Gasteiger charge is 2.45. The van der Waals surface area contributed by atoms with Crippen molar-refractivity contribution in [2.45, 2.75) is 57.1 Å². The number of amidine groups is 1. The second-order valence-electron chi connectivity index (χ2n) is 5.61. The topological polar surface area (TPSA) is 166 Å². The molecule has 22 heavy (non-hydrogen) atoms. The Bertz CT molecular complexity index is 441. The molecule has 1 aliphatic rings. The van der Waals surface area contributed by atoms with Crippen LogP contribution in [0.2, 0.25) is 0 Å². The van der Waals surface area contributed by atoms with Crippen LogP contribution in [-0.2, 0) is 14.3 Å². The minimum atomic E-state index is -1.38. The predicted molar refractivity (Wildman–Crippen MR) is 76.2 cm³/mol. The first kappa shape index (κ1) is 18.3. The average Bonchev–Trinajstić information content (AvgIpc) is 2.38. The molecule has 1 fully saturated rings. The lowest BCUT2D eigenvalue weighted by Gasteiger charge is -2.43. The Kier molecular flexibility index (Phi) is 6.27. The van der Waals surface area contributed by atoms with Gasteiger partial charge in [-0.1, -0.05) is 0 Å². The largest absolute Gasteiger partial charge is 0.479 e. The van der Waals surface area contributed by atoms with Gasteiger partial charge in [0, 0.05) is 13.3 Å². The van der Waals surface area contributed by atoms with Crippen LogP contribution in [0.5, 0.6) is 0 Å². The van der Waals surface area contributed by atoms with Crippen molar-refractivity contribution in [3.63, 3.8) is 0 Å². The number of amides is 1. The second kappa shape index (κ2) is 7.52. The molecule has 1 saturated heterocycles. The molecule has 0 unspecified atom stereocenters. The Morgan fingerprint density at radius 2 is 2.05 bits per heavy atom. The molecule has 0 aromatic rings. The highest BCUT2D eigenvalue weighted by molar-refractivity contribution is 5.78. The third-order valence-electron chi connectivity index (χ3n) is 3.66. The van der Waals surface area contributed by atoms with Crippen LogP contribution >= 0.6 is 0 Å². The molecule has 1 heterocycles. The molecule has 0 saturated carbocycles. The van der Waals surface area contributed by atoms with Gasteiger partial charge in [0.2, 0.25) is 5.91 Å². The summed E-state index contributed by atoms with van der Waals surface area (Å²) in [4.78, 5) is 22.6. The number of rotatable bonds is 6. The number of hydrogen-bond donors (Lipinski definition) is 6. The van der Waals surface area contributed by atoms with E-state index < -0.39 is 48.3 Å². The van der Waals surface area contributed by atoms with E-state index in [4.69, 9.17) is 21.0 Å². The fourth-order valence-electron chi connectivity index (χ4n) is 2.67. The number of hydrogen-bond acceptors (Lipinski definition) is 6. The number of nitrogens with one attached hydrogen (secondary N) is 2. The van der Waals surface area contributed by atoms with Gasteiger partial charge < -0.3 is 31.1 Å². The van der Waals surface area contributed by atoms with Gasteiger partial charge in [0.15, 0.2) is 6.10 Å². The molecule has 9 nitrogen and oxygen atoms in total. The average molecular weight is 317 g/mol. The van der Waals surface area contributed by atoms with Crippen molar-refractivity contribution < 1.29 is 29.6 Å². The zero-order valence-electron chi connectivity index (χ0n) is 12.5. The number of nitrogens with two attached hydrogens (primary N) is 1. The van der Waals surface area contributed by atoms with Gasteiger partial charge in [0.05, 0.1) is 18.0 Å². The second-order valence-corrected chi connectivity index (χ2v) is 5.61. The number of carbonyl (C=O) groups excluding carboxylic acids is 1. The van der Waals surface area contributed by atoms with Crippen LogP contribution < -0.4 is 11.1 Å². The number of aliphatic carboxylic acids is 1. The summed E-state index contributed by atoms with van der Waals surface area (Å²) >= 11 is 0. The fraction of sp³-hybridized carbons (Fsp3) is 0.769. The molecule has 1 aliphatic heterocycles. The Hall–Kier alpha value is -1.71. The van der Waals surface area contributed by atoms with E-state index in [1.807, 2.05) is 0 Å². The lowest BCUT2D eigenvalue weighted by molar-refractivity contribution is -0.185. The number of carboxylic acid groups (broad SMARTS) is 1. The predicted octanol–water partition coefficient (Wildman–Crippen LogP) is -1.58. The van der Waals surface area contributed by atoms with Crippen LogP contribution in [0.3, 0.4) is 0 Å². The SMILES string of the molecule is CC(=O)N[C@@H]1[C@@H](CC(=N)N)C[C@H](C(=O)O)O[C@H]1[C@H](O)[C@@H](C)O. The molecule has 0 aromatic heterocycles. The van der Waals surface area contributed by atoms with Gasteiger partial charge in [0.25, 0.3) is 0 Å². The molecule has 0 aliphatic carbocycles. The molecular formula is C13H23N3O6. The van der Waals surface area contributed by atoms with Crippen LogP contribution in [-0.4, -0.2) is 63.5 Å². The Morgan fingerprint density at radius 1 is 1.45 bits per heavy atom. The molecule has 1 amide bonds. The van der Waals surface area contributed by atoms with Gasteiger partial charge in [-0.05, 0) is 19.3 Å². The maximum absolute atomic E-state index is 11.4. The van der Waals surface area contributed by atoms with E-state index in [1.165, 1.54) is 13.8 Å². The number of carbonyl (C=O) groups is 2. The minimum Gasteiger partial charge on any atom is -0.479 e. The maximum Gasteiger partial charge on any atom is 0.332 e. The lowest BCUT2D eigenvalue weighted by Crippen LogP contribution is -2.61. The van der Waals surface area contributed by atoms with Crippen molar-refractivity contribution in [3.8, 4) is 0 Å². The van der Waals surface area contributed by atoms with E-state index in [0.29, 0.717) is 0 Å². The van der Waals surface area contributed by atoms with Crippen LogP contribution in [0.4, 0.5) is 0 Å². The van der Waals surface area contributed by atoms with Crippen molar-refractivity contribution >= 4 is 17.7 Å². The number of carboxylic acids is 1. The fourth-order valence-corrected chi connectivity index (χ4v) is 2.67. The van der Waals surface area contributed by atoms with Crippen molar-refractivity contribution in [3.05, 3.63) is 0 Å². The van der Waals surface area contributed by atoms with Crippen molar-refractivity contribution in [1.29, 1.82) is 5.41 Å². The van der Waals surface area contributed by atoms with Crippen molar-refractivity contribution in [2.24, 2.45) is 11.7 Å². The molecule has 1 rings (SSSR count). The summed E-state index contributed by atoms with van der Waals surface area (Å²) in [6.07, 6.45) is -4.76. The first-order chi connectivity index (χ1) is 10.1. The highest BCUT2D eigenvalue weighted by atomic mass is 16.5. The van der Waals surface area contributed by atoms with Gasteiger partial charge >= 0.3 is 5.97 Å². The van der Waals surface area contributed by atoms with Gasteiger partial charge in [0.1, 0.15) is 12.2 Å². The Morgan fingerprint density at radius 3 is 2.45 bits per heavy atom. The van der Waals surface area contributed by atoms with E-state index in [-0.39, 0.29) is 18.7 Å². The summed E-state index contributed by atoms with van der Waals surface area (Å²) in [5.74, 6) is -2.25. The monoisotopic (exact) mass is 317 g/mol. The third-order valence-corrected chi connectivity index (χ3v) is 3.66. The Labute approximate surface area is 128 Å². The van der Waals surface area contributed by atoms with Gasteiger partial charge in [-0.25, -0.2) is 4.79 Å². The summed E-state index contributed by atoms with van der Waals surface area (Å²) < 4.78 is 5.36. The molecule has 0 radical (unpaired) electrons. The quantitative estimate of drug-likeness (QED) is 0.254. The maximum atomic E-state index is 11.4. The minimum absolute atomic E-state index is 0.0445. The zero-order valence-corrected chi connectivity index (χ0v) is 12.5. The first-order valence-corrected chi connectivity index (χ1v) is 6.97. The van der Waals surface area contributed by atoms with E-state index in [1.54, 1.807) is 0 Å². The van der Waals surface area contributed by atoms with Gasteiger partial charge in [-0.15, -0.1) is 0 Å². The molecule has 0 spiro atoms. The van der Waals surface area contributed by atoms with Crippen LogP contribution in [0.15, 0.2) is 0 Å². The molecule has 126 valence electrons. The summed E-state index contributed by atoms with van der Waals surface area (Å²) in [6, 6.07) is -0.749. The zero-order chi connectivity index (χ0) is 17.0.